The van der Waals surface area contributed by atoms with Crippen LogP contribution in [0.15, 0.2) is 16.6 Å². The highest BCUT2D eigenvalue weighted by Gasteiger charge is 2.16. The Balaban J connectivity index is 2.30. The van der Waals surface area contributed by atoms with E-state index in [1.165, 1.54) is 6.07 Å². The molecule has 1 unspecified atom stereocenters. The Morgan fingerprint density at radius 3 is 2.71 bits per heavy atom. The summed E-state index contributed by atoms with van der Waals surface area (Å²) >= 11 is 9.43. The van der Waals surface area contributed by atoms with Gasteiger partial charge in [-0.15, -0.1) is 11.6 Å². The van der Waals surface area contributed by atoms with Crippen LogP contribution in [0.4, 0.5) is 4.39 Å². The molecule has 0 fully saturated rings. The molecule has 21 heavy (non-hydrogen) atoms. The summed E-state index contributed by atoms with van der Waals surface area (Å²) in [5.74, 6) is 0.528. The Hall–Kier alpha value is -0.650. The number of aryl methyl sites for hydroxylation is 1. The van der Waals surface area contributed by atoms with Gasteiger partial charge >= 0.3 is 0 Å². The first-order valence-corrected chi connectivity index (χ1v) is 8.27. The van der Waals surface area contributed by atoms with E-state index in [0.29, 0.717) is 4.47 Å². The highest BCUT2D eigenvalue weighted by atomic mass is 79.9. The third-order valence-electron chi connectivity index (χ3n) is 3.41. The van der Waals surface area contributed by atoms with Gasteiger partial charge < -0.3 is 9.47 Å². The molecule has 1 heterocycles. The van der Waals surface area contributed by atoms with Gasteiger partial charge in [0, 0.05) is 12.6 Å². The topological polar surface area (TPSA) is 21.1 Å². The lowest BCUT2D eigenvalue weighted by Gasteiger charge is -2.12. The molecular formula is C15H20BrClFN3. The summed E-state index contributed by atoms with van der Waals surface area (Å²) in [7, 11) is 4.12. The summed E-state index contributed by atoms with van der Waals surface area (Å²) in [5, 5.41) is -0.201. The average Bonchev–Trinajstić information content (AvgIpc) is 2.73. The molecule has 2 rings (SSSR count). The monoisotopic (exact) mass is 375 g/mol. The Bertz CT molecular complexity index is 625. The maximum Gasteiger partial charge on any atom is 0.139 e. The van der Waals surface area contributed by atoms with Crippen molar-refractivity contribution in [2.24, 2.45) is 0 Å². The molecule has 3 nitrogen and oxygen atoms in total. The fraction of sp³-hybridized carbons (Fsp3) is 0.533. The van der Waals surface area contributed by atoms with E-state index in [9.17, 15) is 4.39 Å². The van der Waals surface area contributed by atoms with Gasteiger partial charge in [-0.25, -0.2) is 9.37 Å². The zero-order chi connectivity index (χ0) is 15.6. The lowest BCUT2D eigenvalue weighted by Crippen LogP contribution is -2.14. The summed E-state index contributed by atoms with van der Waals surface area (Å²) in [6, 6.07) is 3.24. The first-order chi connectivity index (χ1) is 9.90. The van der Waals surface area contributed by atoms with E-state index in [4.69, 9.17) is 11.6 Å². The maximum absolute atomic E-state index is 13.8. The highest BCUT2D eigenvalue weighted by Crippen LogP contribution is 2.28. The standard InChI is InChI=1S/C15H20BrClFN3/c1-10(17)15-19-13-8-11(16)12(18)9-14(13)21(15)7-5-4-6-20(2)3/h8-10H,4-7H2,1-3H3. The fourth-order valence-electron chi connectivity index (χ4n) is 2.38. The van der Waals surface area contributed by atoms with Crippen LogP contribution in [0.2, 0.25) is 0 Å². The number of aromatic nitrogens is 2. The smallest absolute Gasteiger partial charge is 0.139 e. The second-order valence-electron chi connectivity index (χ2n) is 5.50. The first kappa shape index (κ1) is 16.7. The fourth-order valence-corrected chi connectivity index (χ4v) is 2.87. The maximum atomic E-state index is 13.8. The van der Waals surface area contributed by atoms with E-state index in [-0.39, 0.29) is 11.2 Å². The van der Waals surface area contributed by atoms with Gasteiger partial charge in [0.15, 0.2) is 0 Å². The zero-order valence-corrected chi connectivity index (χ0v) is 14.9. The van der Waals surface area contributed by atoms with Crippen LogP contribution in [0, 0.1) is 5.82 Å². The van der Waals surface area contributed by atoms with Crippen LogP contribution in [0.5, 0.6) is 0 Å². The SMILES string of the molecule is CC(Cl)c1nc2cc(Br)c(F)cc2n1CCCCN(C)C. The molecule has 0 spiro atoms. The number of alkyl halides is 1. The molecule has 1 atom stereocenters. The van der Waals surface area contributed by atoms with Crippen LogP contribution < -0.4 is 0 Å². The van der Waals surface area contributed by atoms with Crippen molar-refractivity contribution in [2.45, 2.75) is 31.7 Å². The third-order valence-corrected chi connectivity index (χ3v) is 4.22. The number of benzene rings is 1. The van der Waals surface area contributed by atoms with Crippen molar-refractivity contribution < 1.29 is 4.39 Å². The van der Waals surface area contributed by atoms with Gasteiger partial charge in [0.2, 0.25) is 0 Å². The Kier molecular flexibility index (Phi) is 5.63. The van der Waals surface area contributed by atoms with Crippen molar-refractivity contribution in [3.63, 3.8) is 0 Å². The van der Waals surface area contributed by atoms with Crippen molar-refractivity contribution in [1.82, 2.24) is 14.5 Å². The second-order valence-corrected chi connectivity index (χ2v) is 7.01. The van der Waals surface area contributed by atoms with E-state index in [0.717, 1.165) is 42.8 Å². The number of nitrogens with zero attached hydrogens (tertiary/aromatic N) is 3. The molecule has 0 radical (unpaired) electrons. The van der Waals surface area contributed by atoms with Gasteiger partial charge in [0.25, 0.3) is 0 Å². The summed E-state index contributed by atoms with van der Waals surface area (Å²) in [4.78, 5) is 6.71. The number of unbranched alkanes of at least 4 members (excludes halogenated alkanes) is 1. The molecule has 0 saturated heterocycles. The van der Waals surface area contributed by atoms with Gasteiger partial charge in [-0.1, -0.05) is 0 Å². The number of hydrogen-bond donors (Lipinski definition) is 0. The number of fused-ring (bicyclic) bond motifs is 1. The first-order valence-electron chi connectivity index (χ1n) is 7.04. The Morgan fingerprint density at radius 2 is 2.10 bits per heavy atom. The molecule has 0 aliphatic carbocycles. The van der Waals surface area contributed by atoms with Crippen molar-refractivity contribution in [2.75, 3.05) is 20.6 Å². The molecule has 0 N–H and O–H groups in total. The number of halogens is 3. The largest absolute Gasteiger partial charge is 0.327 e. The molecule has 0 amide bonds. The molecule has 0 aliphatic heterocycles. The van der Waals surface area contributed by atoms with Crippen molar-refractivity contribution in [1.29, 1.82) is 0 Å². The van der Waals surface area contributed by atoms with Gasteiger partial charge in [-0.2, -0.15) is 0 Å². The number of rotatable bonds is 6. The van der Waals surface area contributed by atoms with Crippen molar-refractivity contribution in [3.8, 4) is 0 Å². The lowest BCUT2D eigenvalue weighted by molar-refractivity contribution is 0.387. The number of imidazole rings is 1. The third kappa shape index (κ3) is 3.96. The molecular weight excluding hydrogens is 357 g/mol. The van der Waals surface area contributed by atoms with Crippen LogP contribution in [-0.2, 0) is 6.54 Å². The van der Waals surface area contributed by atoms with Crippen LogP contribution in [0.25, 0.3) is 11.0 Å². The van der Waals surface area contributed by atoms with Gasteiger partial charge in [0.1, 0.15) is 11.6 Å². The van der Waals surface area contributed by atoms with Crippen LogP contribution in [0.3, 0.4) is 0 Å². The zero-order valence-electron chi connectivity index (χ0n) is 12.5. The van der Waals surface area contributed by atoms with Gasteiger partial charge in [0.05, 0.1) is 20.9 Å². The van der Waals surface area contributed by atoms with Crippen LogP contribution >= 0.6 is 27.5 Å². The molecule has 0 saturated carbocycles. The van der Waals surface area contributed by atoms with E-state index in [1.807, 2.05) is 11.5 Å². The molecule has 0 aliphatic rings. The van der Waals surface area contributed by atoms with E-state index in [2.05, 4.69) is 39.9 Å². The molecule has 116 valence electrons. The average molecular weight is 377 g/mol. The summed E-state index contributed by atoms with van der Waals surface area (Å²) in [5.41, 5.74) is 1.58. The minimum Gasteiger partial charge on any atom is -0.327 e. The molecule has 1 aromatic carbocycles. The quantitative estimate of drug-likeness (QED) is 0.543. The Morgan fingerprint density at radius 1 is 1.38 bits per heavy atom. The molecule has 0 bridgehead atoms. The normalized spacial score (nSPS) is 13.3. The predicted octanol–water partition coefficient (Wildman–Crippen LogP) is 4.58. The lowest BCUT2D eigenvalue weighted by atomic mass is 10.2. The minimum atomic E-state index is -0.272. The van der Waals surface area contributed by atoms with E-state index < -0.39 is 0 Å². The van der Waals surface area contributed by atoms with Crippen LogP contribution in [0.1, 0.15) is 31.0 Å². The second kappa shape index (κ2) is 7.07. The summed E-state index contributed by atoms with van der Waals surface area (Å²) in [6.45, 7) is 3.74. The van der Waals surface area contributed by atoms with Gasteiger partial charge in [-0.3, -0.25) is 0 Å². The van der Waals surface area contributed by atoms with Crippen molar-refractivity contribution in [3.05, 3.63) is 28.2 Å². The van der Waals surface area contributed by atoms with Crippen LogP contribution in [-0.4, -0.2) is 35.1 Å². The van der Waals surface area contributed by atoms with Crippen molar-refractivity contribution >= 4 is 38.6 Å². The minimum absolute atomic E-state index is 0.201. The highest BCUT2D eigenvalue weighted by molar-refractivity contribution is 9.10. The number of hydrogen-bond acceptors (Lipinski definition) is 2. The molecule has 1 aromatic heterocycles. The van der Waals surface area contributed by atoms with E-state index >= 15 is 0 Å². The predicted molar refractivity (Wildman–Crippen MR) is 89.4 cm³/mol. The summed E-state index contributed by atoms with van der Waals surface area (Å²) < 4.78 is 16.3. The molecule has 2 aromatic rings. The molecule has 6 heteroatoms. The summed E-state index contributed by atoms with van der Waals surface area (Å²) in [6.07, 6.45) is 2.10. The van der Waals surface area contributed by atoms with E-state index in [1.54, 1.807) is 6.07 Å². The van der Waals surface area contributed by atoms with Gasteiger partial charge in [-0.05, 0) is 62.4 Å². The Labute approximate surface area is 138 Å².